The van der Waals surface area contributed by atoms with Gasteiger partial charge in [0, 0.05) is 18.6 Å². The van der Waals surface area contributed by atoms with Crippen molar-refractivity contribution < 1.29 is 9.47 Å². The van der Waals surface area contributed by atoms with Gasteiger partial charge in [-0.05, 0) is 61.6 Å². The number of benzene rings is 1. The number of likely N-dealkylation sites (N-methyl/N-ethyl adjacent to an activating group) is 1. The summed E-state index contributed by atoms with van der Waals surface area (Å²) in [5.41, 5.74) is 1.32. The molecule has 1 heterocycles. The van der Waals surface area contributed by atoms with Crippen molar-refractivity contribution in [3.8, 4) is 11.5 Å². The first-order valence-corrected chi connectivity index (χ1v) is 7.65. The van der Waals surface area contributed by atoms with Crippen molar-refractivity contribution in [2.45, 2.75) is 25.9 Å². The zero-order valence-corrected chi connectivity index (χ0v) is 14.2. The van der Waals surface area contributed by atoms with E-state index in [1.54, 1.807) is 0 Å². The standard InChI is InChI=1S/C15H23BrN2O2/c1-15(2,18(3)4)10-17-9-11-7-12(16)14-13(8-11)19-5-6-20-14/h7-8,17H,5-6,9-10H2,1-4H3. The fraction of sp³-hybridized carbons (Fsp3) is 0.600. The Morgan fingerprint density at radius 3 is 2.65 bits per heavy atom. The molecule has 0 aliphatic carbocycles. The first-order valence-electron chi connectivity index (χ1n) is 6.86. The third-order valence-corrected chi connectivity index (χ3v) is 4.34. The predicted molar refractivity (Wildman–Crippen MR) is 84.6 cm³/mol. The van der Waals surface area contributed by atoms with E-state index in [2.05, 4.69) is 66.2 Å². The molecule has 1 N–H and O–H groups in total. The summed E-state index contributed by atoms with van der Waals surface area (Å²) in [6.07, 6.45) is 0. The van der Waals surface area contributed by atoms with Crippen molar-refractivity contribution in [3.63, 3.8) is 0 Å². The molecule has 0 spiro atoms. The number of hydrogen-bond donors (Lipinski definition) is 1. The largest absolute Gasteiger partial charge is 0.486 e. The van der Waals surface area contributed by atoms with Crippen LogP contribution in [0.4, 0.5) is 0 Å². The normalized spacial score (nSPS) is 14.7. The van der Waals surface area contributed by atoms with E-state index in [1.165, 1.54) is 5.56 Å². The highest BCUT2D eigenvalue weighted by Crippen LogP contribution is 2.38. The second kappa shape index (κ2) is 6.33. The van der Waals surface area contributed by atoms with Crippen molar-refractivity contribution in [1.29, 1.82) is 0 Å². The predicted octanol–water partition coefficient (Wildman–Crippen LogP) is 2.65. The number of rotatable bonds is 5. The number of ether oxygens (including phenoxy) is 2. The maximum absolute atomic E-state index is 5.64. The van der Waals surface area contributed by atoms with Gasteiger partial charge in [0.25, 0.3) is 0 Å². The molecule has 20 heavy (non-hydrogen) atoms. The molecule has 4 nitrogen and oxygen atoms in total. The minimum Gasteiger partial charge on any atom is -0.486 e. The zero-order chi connectivity index (χ0) is 14.8. The van der Waals surface area contributed by atoms with Gasteiger partial charge in [0.15, 0.2) is 11.5 Å². The monoisotopic (exact) mass is 342 g/mol. The van der Waals surface area contributed by atoms with Crippen molar-refractivity contribution >= 4 is 15.9 Å². The number of fused-ring (bicyclic) bond motifs is 1. The second-order valence-corrected chi connectivity index (χ2v) is 6.77. The van der Waals surface area contributed by atoms with Crippen LogP contribution in [0.15, 0.2) is 16.6 Å². The lowest BCUT2D eigenvalue weighted by Gasteiger charge is -2.32. The molecule has 1 aromatic carbocycles. The molecular formula is C15H23BrN2O2. The molecule has 2 rings (SSSR count). The molecule has 0 amide bonds. The van der Waals surface area contributed by atoms with Crippen LogP contribution in [0, 0.1) is 0 Å². The van der Waals surface area contributed by atoms with Gasteiger partial charge in [0.1, 0.15) is 13.2 Å². The van der Waals surface area contributed by atoms with Crippen LogP contribution in [-0.4, -0.2) is 44.3 Å². The molecule has 1 aromatic rings. The fourth-order valence-electron chi connectivity index (χ4n) is 1.94. The summed E-state index contributed by atoms with van der Waals surface area (Å²) in [4.78, 5) is 2.22. The van der Waals surface area contributed by atoms with Crippen LogP contribution in [0.25, 0.3) is 0 Å². The minimum absolute atomic E-state index is 0.130. The van der Waals surface area contributed by atoms with Gasteiger partial charge in [-0.25, -0.2) is 0 Å². The summed E-state index contributed by atoms with van der Waals surface area (Å²) < 4.78 is 12.2. The summed E-state index contributed by atoms with van der Waals surface area (Å²) in [5, 5.41) is 3.50. The highest BCUT2D eigenvalue weighted by atomic mass is 79.9. The Balaban J connectivity index is 1.99. The summed E-state index contributed by atoms with van der Waals surface area (Å²) >= 11 is 3.55. The molecule has 1 aliphatic heterocycles. The quantitative estimate of drug-likeness (QED) is 0.891. The SMILES string of the molecule is CN(C)C(C)(C)CNCc1cc(Br)c2c(c1)OCCO2. The Morgan fingerprint density at radius 2 is 1.95 bits per heavy atom. The molecule has 0 atom stereocenters. The minimum atomic E-state index is 0.130. The zero-order valence-electron chi connectivity index (χ0n) is 12.6. The van der Waals surface area contributed by atoms with Crippen molar-refractivity contribution in [2.75, 3.05) is 33.9 Å². The van der Waals surface area contributed by atoms with E-state index in [0.717, 1.165) is 29.1 Å². The molecule has 0 bridgehead atoms. The molecule has 0 saturated carbocycles. The molecular weight excluding hydrogens is 320 g/mol. The van der Waals surface area contributed by atoms with Gasteiger partial charge in [-0.3, -0.25) is 0 Å². The lowest BCUT2D eigenvalue weighted by Crippen LogP contribution is -2.46. The van der Waals surface area contributed by atoms with Crippen LogP contribution in [0.1, 0.15) is 19.4 Å². The molecule has 0 aromatic heterocycles. The van der Waals surface area contributed by atoms with Crippen LogP contribution in [0.2, 0.25) is 0 Å². The lowest BCUT2D eigenvalue weighted by molar-refractivity contribution is 0.170. The maximum atomic E-state index is 5.64. The molecule has 1 aliphatic rings. The summed E-state index contributed by atoms with van der Waals surface area (Å²) in [5.74, 6) is 1.64. The Kier molecular flexibility index (Phi) is 4.94. The van der Waals surface area contributed by atoms with E-state index in [9.17, 15) is 0 Å². The third-order valence-electron chi connectivity index (χ3n) is 3.75. The average molecular weight is 343 g/mol. The molecule has 0 fully saturated rings. The van der Waals surface area contributed by atoms with Gasteiger partial charge in [0.2, 0.25) is 0 Å². The molecule has 5 heteroatoms. The topological polar surface area (TPSA) is 33.7 Å². The van der Waals surface area contributed by atoms with Gasteiger partial charge < -0.3 is 19.7 Å². The summed E-state index contributed by atoms with van der Waals surface area (Å²) in [7, 11) is 4.20. The third kappa shape index (κ3) is 3.65. The van der Waals surface area contributed by atoms with Gasteiger partial charge in [-0.2, -0.15) is 0 Å². The van der Waals surface area contributed by atoms with Gasteiger partial charge >= 0.3 is 0 Å². The summed E-state index contributed by atoms with van der Waals surface area (Å²) in [6.45, 7) is 7.40. The number of nitrogens with one attached hydrogen (secondary N) is 1. The van der Waals surface area contributed by atoms with Crippen LogP contribution in [0.5, 0.6) is 11.5 Å². The molecule has 112 valence electrons. The van der Waals surface area contributed by atoms with Gasteiger partial charge in [-0.15, -0.1) is 0 Å². The fourth-order valence-corrected chi connectivity index (χ4v) is 2.54. The van der Waals surface area contributed by atoms with E-state index in [1.807, 2.05) is 0 Å². The Morgan fingerprint density at radius 1 is 1.25 bits per heavy atom. The first kappa shape index (κ1) is 15.6. The molecule has 0 saturated heterocycles. The van der Waals surface area contributed by atoms with Gasteiger partial charge in [0.05, 0.1) is 4.47 Å². The smallest absolute Gasteiger partial charge is 0.175 e. The van der Waals surface area contributed by atoms with E-state index in [0.29, 0.717) is 13.2 Å². The lowest BCUT2D eigenvalue weighted by atomic mass is 10.0. The van der Waals surface area contributed by atoms with E-state index >= 15 is 0 Å². The molecule has 0 unspecified atom stereocenters. The number of hydrogen-bond acceptors (Lipinski definition) is 4. The molecule has 0 radical (unpaired) electrons. The highest BCUT2D eigenvalue weighted by molar-refractivity contribution is 9.10. The van der Waals surface area contributed by atoms with Crippen LogP contribution in [-0.2, 0) is 6.54 Å². The summed E-state index contributed by atoms with van der Waals surface area (Å²) in [6, 6.07) is 4.14. The Bertz CT molecular complexity index is 475. The van der Waals surface area contributed by atoms with Crippen LogP contribution in [0.3, 0.4) is 0 Å². The van der Waals surface area contributed by atoms with E-state index < -0.39 is 0 Å². The average Bonchev–Trinajstić information content (AvgIpc) is 2.38. The van der Waals surface area contributed by atoms with Gasteiger partial charge in [-0.1, -0.05) is 0 Å². The van der Waals surface area contributed by atoms with Crippen molar-refractivity contribution in [3.05, 3.63) is 22.2 Å². The Hall–Kier alpha value is -0.780. The van der Waals surface area contributed by atoms with E-state index in [4.69, 9.17) is 9.47 Å². The Labute approximate surface area is 129 Å². The highest BCUT2D eigenvalue weighted by Gasteiger charge is 2.20. The number of nitrogens with zero attached hydrogens (tertiary/aromatic N) is 1. The van der Waals surface area contributed by atoms with E-state index in [-0.39, 0.29) is 5.54 Å². The van der Waals surface area contributed by atoms with Crippen LogP contribution >= 0.6 is 15.9 Å². The van der Waals surface area contributed by atoms with Crippen LogP contribution < -0.4 is 14.8 Å². The first-order chi connectivity index (χ1) is 9.40. The second-order valence-electron chi connectivity index (χ2n) is 5.91. The van der Waals surface area contributed by atoms with Crippen molar-refractivity contribution in [2.24, 2.45) is 0 Å². The maximum Gasteiger partial charge on any atom is 0.175 e. The van der Waals surface area contributed by atoms with Crippen molar-refractivity contribution in [1.82, 2.24) is 10.2 Å². The number of halogens is 1.